The van der Waals surface area contributed by atoms with Crippen LogP contribution in [0.2, 0.25) is 0 Å². The van der Waals surface area contributed by atoms with Crippen LogP contribution in [-0.2, 0) is 4.74 Å². The first-order chi connectivity index (χ1) is 8.97. The summed E-state index contributed by atoms with van der Waals surface area (Å²) in [6.45, 7) is 0.449. The molecule has 0 atom stereocenters. The Kier molecular flexibility index (Phi) is 4.24. The summed E-state index contributed by atoms with van der Waals surface area (Å²) in [5.41, 5.74) is -0.185. The normalized spacial score (nSPS) is 16.8. The van der Waals surface area contributed by atoms with E-state index in [1.165, 1.54) is 12.1 Å². The maximum absolute atomic E-state index is 13.5. The number of methoxy groups -OCH3 is 1. The summed E-state index contributed by atoms with van der Waals surface area (Å²) in [4.78, 5) is 10.5. The third-order valence-electron chi connectivity index (χ3n) is 3.53. The van der Waals surface area contributed by atoms with E-state index < -0.39 is 10.7 Å². The van der Waals surface area contributed by atoms with E-state index in [4.69, 9.17) is 4.74 Å². The molecule has 0 aromatic heterocycles. The Morgan fingerprint density at radius 1 is 1.58 bits per heavy atom. The molecule has 1 N–H and O–H groups in total. The van der Waals surface area contributed by atoms with Crippen LogP contribution in [-0.4, -0.2) is 24.2 Å². The quantitative estimate of drug-likeness (QED) is 0.484. The number of nitrogens with one attached hydrogen (secondary N) is 1. The number of anilines is 1. The van der Waals surface area contributed by atoms with Gasteiger partial charge in [0.25, 0.3) is 5.69 Å². The number of hydrogen-bond donors (Lipinski definition) is 1. The second kappa shape index (κ2) is 5.58. The number of halogens is 2. The summed E-state index contributed by atoms with van der Waals surface area (Å²) < 4.78 is 19.2. The van der Waals surface area contributed by atoms with Crippen molar-refractivity contribution in [3.8, 4) is 0 Å². The minimum Gasteiger partial charge on any atom is -0.377 e. The molecule has 0 radical (unpaired) electrons. The Bertz CT molecular complexity index is 500. The van der Waals surface area contributed by atoms with Gasteiger partial charge in [-0.1, -0.05) is 0 Å². The first-order valence-electron chi connectivity index (χ1n) is 5.90. The second-order valence-corrected chi connectivity index (χ2v) is 5.80. The highest BCUT2D eigenvalue weighted by molar-refractivity contribution is 14.1. The summed E-state index contributed by atoms with van der Waals surface area (Å²) in [5.74, 6) is -0.464. The molecule has 1 aromatic carbocycles. The lowest BCUT2D eigenvalue weighted by molar-refractivity contribution is -0.384. The van der Waals surface area contributed by atoms with E-state index >= 15 is 0 Å². The molecule has 5 nitrogen and oxygen atoms in total. The Labute approximate surface area is 123 Å². The summed E-state index contributed by atoms with van der Waals surface area (Å²) in [5, 5.41) is 13.9. The van der Waals surface area contributed by atoms with Gasteiger partial charge in [0.05, 0.1) is 14.1 Å². The maximum Gasteiger partial charge on any atom is 0.293 e. The Balaban J connectivity index is 2.19. The molecule has 0 amide bonds. The van der Waals surface area contributed by atoms with Crippen molar-refractivity contribution in [2.75, 3.05) is 19.0 Å². The molecule has 0 saturated heterocycles. The number of rotatable bonds is 5. The van der Waals surface area contributed by atoms with Crippen LogP contribution in [0, 0.1) is 19.5 Å². The molecule has 0 heterocycles. The standard InChI is InChI=1S/C12H14FIN2O3/c1-19-12(3-2-4-12)7-15-10-5-8(13)9(14)6-11(10)16(17)18/h5-6,15H,2-4,7H2,1H3. The zero-order valence-electron chi connectivity index (χ0n) is 10.4. The Morgan fingerprint density at radius 2 is 2.26 bits per heavy atom. The summed E-state index contributed by atoms with van der Waals surface area (Å²) in [6.07, 6.45) is 2.91. The van der Waals surface area contributed by atoms with Crippen LogP contribution in [0.5, 0.6) is 0 Å². The van der Waals surface area contributed by atoms with Crippen LogP contribution >= 0.6 is 22.6 Å². The number of ether oxygens (including phenoxy) is 1. The highest BCUT2D eigenvalue weighted by Gasteiger charge is 2.37. The van der Waals surface area contributed by atoms with Crippen molar-refractivity contribution in [1.82, 2.24) is 0 Å². The van der Waals surface area contributed by atoms with Gasteiger partial charge in [0.1, 0.15) is 11.5 Å². The monoisotopic (exact) mass is 380 g/mol. The molecule has 0 unspecified atom stereocenters. The van der Waals surface area contributed by atoms with Gasteiger partial charge in [-0.05, 0) is 41.9 Å². The van der Waals surface area contributed by atoms with Gasteiger partial charge in [-0.15, -0.1) is 0 Å². The van der Waals surface area contributed by atoms with Crippen molar-refractivity contribution in [2.45, 2.75) is 24.9 Å². The van der Waals surface area contributed by atoms with Gasteiger partial charge < -0.3 is 10.1 Å². The zero-order valence-corrected chi connectivity index (χ0v) is 12.6. The SMILES string of the molecule is COC1(CNc2cc(F)c(I)cc2[N+](=O)[O-])CCC1. The molecule has 1 aliphatic carbocycles. The highest BCUT2D eigenvalue weighted by atomic mass is 127. The number of benzene rings is 1. The predicted octanol–water partition coefficient (Wildman–Crippen LogP) is 3.32. The van der Waals surface area contributed by atoms with Gasteiger partial charge in [0.15, 0.2) is 0 Å². The largest absolute Gasteiger partial charge is 0.377 e. The predicted molar refractivity (Wildman–Crippen MR) is 77.9 cm³/mol. The van der Waals surface area contributed by atoms with Crippen molar-refractivity contribution < 1.29 is 14.1 Å². The molecular formula is C12H14FIN2O3. The van der Waals surface area contributed by atoms with Crippen LogP contribution in [0.4, 0.5) is 15.8 Å². The highest BCUT2D eigenvalue weighted by Crippen LogP contribution is 2.36. The van der Waals surface area contributed by atoms with Crippen molar-refractivity contribution in [3.05, 3.63) is 31.6 Å². The first-order valence-corrected chi connectivity index (χ1v) is 6.98. The molecule has 0 bridgehead atoms. The fourth-order valence-corrected chi connectivity index (χ4v) is 2.56. The topological polar surface area (TPSA) is 64.4 Å². The molecule has 1 aliphatic rings. The van der Waals surface area contributed by atoms with Crippen molar-refractivity contribution in [1.29, 1.82) is 0 Å². The van der Waals surface area contributed by atoms with Gasteiger partial charge in [0.2, 0.25) is 0 Å². The van der Waals surface area contributed by atoms with E-state index in [9.17, 15) is 14.5 Å². The summed E-state index contributed by atoms with van der Waals surface area (Å²) >= 11 is 1.74. The van der Waals surface area contributed by atoms with Crippen LogP contribution in [0.15, 0.2) is 12.1 Å². The Hall–Kier alpha value is -0.960. The molecule has 1 saturated carbocycles. The fourth-order valence-electron chi connectivity index (χ4n) is 2.11. The van der Waals surface area contributed by atoms with Crippen LogP contribution < -0.4 is 5.32 Å². The maximum atomic E-state index is 13.5. The lowest BCUT2D eigenvalue weighted by Crippen LogP contribution is -2.45. The van der Waals surface area contributed by atoms with E-state index in [-0.39, 0.29) is 20.5 Å². The average molecular weight is 380 g/mol. The number of nitro benzene ring substituents is 1. The van der Waals surface area contributed by atoms with Gasteiger partial charge in [-0.25, -0.2) is 4.39 Å². The summed E-state index contributed by atoms with van der Waals surface area (Å²) in [6, 6.07) is 2.40. The van der Waals surface area contributed by atoms with Crippen LogP contribution in [0.3, 0.4) is 0 Å². The van der Waals surface area contributed by atoms with Gasteiger partial charge >= 0.3 is 0 Å². The van der Waals surface area contributed by atoms with Gasteiger partial charge in [-0.3, -0.25) is 10.1 Å². The van der Waals surface area contributed by atoms with Crippen molar-refractivity contribution in [3.63, 3.8) is 0 Å². The lowest BCUT2D eigenvalue weighted by Gasteiger charge is -2.40. The van der Waals surface area contributed by atoms with E-state index in [2.05, 4.69) is 5.32 Å². The fraction of sp³-hybridized carbons (Fsp3) is 0.500. The van der Waals surface area contributed by atoms with Gasteiger partial charge in [0, 0.05) is 25.8 Å². The van der Waals surface area contributed by atoms with E-state index in [1.807, 2.05) is 0 Å². The zero-order chi connectivity index (χ0) is 14.0. The van der Waals surface area contributed by atoms with Gasteiger partial charge in [-0.2, -0.15) is 0 Å². The molecule has 2 rings (SSSR count). The lowest BCUT2D eigenvalue weighted by atomic mass is 9.80. The van der Waals surface area contributed by atoms with E-state index in [1.54, 1.807) is 29.7 Å². The first kappa shape index (κ1) is 14.4. The molecule has 104 valence electrons. The molecule has 1 aromatic rings. The van der Waals surface area contributed by atoms with Crippen molar-refractivity contribution in [2.24, 2.45) is 0 Å². The summed E-state index contributed by atoms with van der Waals surface area (Å²) in [7, 11) is 1.63. The minimum absolute atomic E-state index is 0.114. The number of hydrogen-bond acceptors (Lipinski definition) is 4. The third kappa shape index (κ3) is 2.97. The van der Waals surface area contributed by atoms with Crippen LogP contribution in [0.25, 0.3) is 0 Å². The van der Waals surface area contributed by atoms with Crippen molar-refractivity contribution >= 4 is 34.0 Å². The van der Waals surface area contributed by atoms with E-state index in [0.717, 1.165) is 19.3 Å². The third-order valence-corrected chi connectivity index (χ3v) is 4.36. The van der Waals surface area contributed by atoms with E-state index in [0.29, 0.717) is 6.54 Å². The molecule has 19 heavy (non-hydrogen) atoms. The number of nitrogens with zero attached hydrogens (tertiary/aromatic N) is 1. The molecular weight excluding hydrogens is 366 g/mol. The minimum atomic E-state index is -0.510. The number of nitro groups is 1. The Morgan fingerprint density at radius 3 is 2.74 bits per heavy atom. The molecule has 0 aliphatic heterocycles. The second-order valence-electron chi connectivity index (χ2n) is 4.63. The van der Waals surface area contributed by atoms with Crippen LogP contribution in [0.1, 0.15) is 19.3 Å². The smallest absolute Gasteiger partial charge is 0.293 e. The molecule has 1 fully saturated rings. The average Bonchev–Trinajstić information content (AvgIpc) is 2.32. The molecule has 0 spiro atoms. The molecule has 7 heteroatoms.